The molecule has 0 spiro atoms. The summed E-state index contributed by atoms with van der Waals surface area (Å²) in [5, 5.41) is 7.96. The van der Waals surface area contributed by atoms with Crippen molar-refractivity contribution in [3.05, 3.63) is 126 Å². The van der Waals surface area contributed by atoms with E-state index in [1.807, 2.05) is 11.3 Å². The van der Waals surface area contributed by atoms with E-state index in [4.69, 9.17) is 0 Å². The maximum absolute atomic E-state index is 2.50. The summed E-state index contributed by atoms with van der Waals surface area (Å²) >= 11 is 1.88. The molecule has 0 fully saturated rings. The monoisotopic (exact) mass is 515 g/mol. The first-order chi connectivity index (χ1) is 19.1. The van der Waals surface area contributed by atoms with Crippen molar-refractivity contribution in [1.29, 1.82) is 0 Å². The molecule has 2 heterocycles. The molecule has 1 aliphatic carbocycles. The summed E-state index contributed by atoms with van der Waals surface area (Å²) in [5.41, 5.74) is 9.32. The average Bonchev–Trinajstić information content (AvgIpc) is 3.59. The predicted octanol–water partition coefficient (Wildman–Crippen LogP) is 10.6. The molecule has 2 heteroatoms. The van der Waals surface area contributed by atoms with Gasteiger partial charge in [0.2, 0.25) is 0 Å². The van der Waals surface area contributed by atoms with Crippen molar-refractivity contribution >= 4 is 64.1 Å². The summed E-state index contributed by atoms with van der Waals surface area (Å²) in [6.45, 7) is 4.76. The van der Waals surface area contributed by atoms with Crippen molar-refractivity contribution in [2.45, 2.75) is 19.3 Å². The number of rotatable bonds is 1. The van der Waals surface area contributed by atoms with Crippen molar-refractivity contribution in [2.75, 3.05) is 0 Å². The molecule has 8 aromatic rings. The minimum Gasteiger partial charge on any atom is -0.309 e. The van der Waals surface area contributed by atoms with Crippen LogP contribution in [-0.4, -0.2) is 4.57 Å². The zero-order valence-corrected chi connectivity index (χ0v) is 22.6. The minimum atomic E-state index is -0.0497. The quantitative estimate of drug-likeness (QED) is 0.205. The standard InChI is InChI=1S/C37H25NS/c1-37(2)31-12-6-3-9-23(31)27-17-20-30-28(35(27)37)18-19-29-24-10-4-7-13-32(24)38(36(29)30)22-15-16-26-25-11-5-8-14-33(25)39-34(26)21-22/h3-21H,1-2H3. The van der Waals surface area contributed by atoms with Gasteiger partial charge in [0.25, 0.3) is 0 Å². The first-order valence-corrected chi connectivity index (χ1v) is 14.4. The van der Waals surface area contributed by atoms with Gasteiger partial charge in [-0.25, -0.2) is 0 Å². The predicted molar refractivity (Wildman–Crippen MR) is 169 cm³/mol. The van der Waals surface area contributed by atoms with E-state index >= 15 is 0 Å². The lowest BCUT2D eigenvalue weighted by Crippen LogP contribution is -2.15. The van der Waals surface area contributed by atoms with Crippen LogP contribution in [0.3, 0.4) is 0 Å². The smallest absolute Gasteiger partial charge is 0.0619 e. The molecule has 6 aromatic carbocycles. The molecule has 0 aliphatic heterocycles. The van der Waals surface area contributed by atoms with E-state index in [9.17, 15) is 0 Å². The van der Waals surface area contributed by atoms with Crippen molar-refractivity contribution < 1.29 is 0 Å². The fourth-order valence-electron chi connectivity index (χ4n) is 7.28. The fourth-order valence-corrected chi connectivity index (χ4v) is 8.42. The largest absolute Gasteiger partial charge is 0.309 e. The third kappa shape index (κ3) is 2.69. The van der Waals surface area contributed by atoms with Crippen LogP contribution < -0.4 is 0 Å². The summed E-state index contributed by atoms with van der Waals surface area (Å²) < 4.78 is 5.17. The van der Waals surface area contributed by atoms with Gasteiger partial charge in [0.05, 0.1) is 11.0 Å². The second kappa shape index (κ2) is 7.37. The van der Waals surface area contributed by atoms with Crippen LogP contribution in [0.5, 0.6) is 0 Å². The summed E-state index contributed by atoms with van der Waals surface area (Å²) in [5.74, 6) is 0. The summed E-state index contributed by atoms with van der Waals surface area (Å²) in [6.07, 6.45) is 0. The van der Waals surface area contributed by atoms with E-state index in [2.05, 4.69) is 134 Å². The molecule has 0 radical (unpaired) electrons. The molecule has 0 atom stereocenters. The number of fused-ring (bicyclic) bond motifs is 12. The molecule has 0 saturated carbocycles. The highest BCUT2D eigenvalue weighted by atomic mass is 32.1. The van der Waals surface area contributed by atoms with E-state index < -0.39 is 0 Å². The third-order valence-corrected chi connectivity index (χ3v) is 10.1. The van der Waals surface area contributed by atoms with E-state index in [0.29, 0.717) is 0 Å². The van der Waals surface area contributed by atoms with Crippen LogP contribution in [0.2, 0.25) is 0 Å². The first kappa shape index (κ1) is 21.5. The van der Waals surface area contributed by atoms with Gasteiger partial charge in [-0.3, -0.25) is 0 Å². The molecule has 2 aromatic heterocycles. The van der Waals surface area contributed by atoms with Gasteiger partial charge in [0, 0.05) is 47.4 Å². The number of thiophene rings is 1. The van der Waals surface area contributed by atoms with E-state index in [-0.39, 0.29) is 5.41 Å². The lowest BCUT2D eigenvalue weighted by Gasteiger charge is -2.23. The Kier molecular flexibility index (Phi) is 4.07. The molecule has 0 N–H and O–H groups in total. The fraction of sp³-hybridized carbons (Fsp3) is 0.0811. The topological polar surface area (TPSA) is 4.93 Å². The Hall–Kier alpha value is -4.40. The van der Waals surface area contributed by atoms with Crippen LogP contribution in [0.15, 0.2) is 115 Å². The number of hydrogen-bond donors (Lipinski definition) is 0. The lowest BCUT2D eigenvalue weighted by molar-refractivity contribution is 0.666. The van der Waals surface area contributed by atoms with Crippen molar-refractivity contribution in [3.8, 4) is 16.8 Å². The highest BCUT2D eigenvalue weighted by Crippen LogP contribution is 2.52. The second-order valence-corrected chi connectivity index (χ2v) is 12.4. The number of benzene rings is 6. The molecule has 0 bridgehead atoms. The Morgan fingerprint density at radius 1 is 0.538 bits per heavy atom. The highest BCUT2D eigenvalue weighted by molar-refractivity contribution is 7.25. The van der Waals surface area contributed by atoms with E-state index in [1.165, 1.54) is 80.7 Å². The van der Waals surface area contributed by atoms with Crippen LogP contribution in [0.4, 0.5) is 0 Å². The van der Waals surface area contributed by atoms with Gasteiger partial charge in [-0.2, -0.15) is 0 Å². The normalized spacial score (nSPS) is 14.1. The molecule has 1 aliphatic rings. The molecule has 1 nitrogen and oxygen atoms in total. The molecular formula is C37H25NS. The van der Waals surface area contributed by atoms with Gasteiger partial charge in [0.1, 0.15) is 0 Å². The van der Waals surface area contributed by atoms with E-state index in [1.54, 1.807) is 0 Å². The lowest BCUT2D eigenvalue weighted by atomic mass is 9.80. The van der Waals surface area contributed by atoms with Crippen LogP contribution in [0.1, 0.15) is 25.0 Å². The van der Waals surface area contributed by atoms with Crippen LogP contribution in [-0.2, 0) is 5.41 Å². The Morgan fingerprint density at radius 2 is 1.21 bits per heavy atom. The number of aromatic nitrogens is 1. The second-order valence-electron chi connectivity index (χ2n) is 11.3. The van der Waals surface area contributed by atoms with Gasteiger partial charge in [-0.05, 0) is 51.9 Å². The van der Waals surface area contributed by atoms with Gasteiger partial charge in [-0.15, -0.1) is 11.3 Å². The maximum Gasteiger partial charge on any atom is 0.0619 e. The number of para-hydroxylation sites is 1. The highest BCUT2D eigenvalue weighted by Gasteiger charge is 2.36. The summed E-state index contributed by atoms with van der Waals surface area (Å²) in [6, 6.07) is 43.0. The SMILES string of the molecule is CC1(C)c2ccccc2-c2ccc3c(ccc4c5ccccc5n(-c5ccc6c(c5)sc5ccccc56)c34)c21. The Balaban J connectivity index is 1.41. The molecule has 184 valence electrons. The average molecular weight is 516 g/mol. The van der Waals surface area contributed by atoms with Crippen molar-refractivity contribution in [1.82, 2.24) is 4.57 Å². The van der Waals surface area contributed by atoms with Gasteiger partial charge in [0.15, 0.2) is 0 Å². The number of nitrogens with zero attached hydrogens (tertiary/aromatic N) is 1. The van der Waals surface area contributed by atoms with Crippen molar-refractivity contribution in [3.63, 3.8) is 0 Å². The summed E-state index contributed by atoms with van der Waals surface area (Å²) in [4.78, 5) is 0. The van der Waals surface area contributed by atoms with Crippen LogP contribution >= 0.6 is 11.3 Å². The minimum absolute atomic E-state index is 0.0497. The van der Waals surface area contributed by atoms with Crippen LogP contribution in [0.25, 0.3) is 69.6 Å². The zero-order valence-electron chi connectivity index (χ0n) is 21.8. The Bertz CT molecular complexity index is 2310. The zero-order chi connectivity index (χ0) is 25.9. The van der Waals surface area contributed by atoms with Crippen LogP contribution in [0, 0.1) is 0 Å². The van der Waals surface area contributed by atoms with E-state index in [0.717, 1.165) is 0 Å². The molecule has 39 heavy (non-hydrogen) atoms. The Labute approximate surface area is 230 Å². The summed E-state index contributed by atoms with van der Waals surface area (Å²) in [7, 11) is 0. The van der Waals surface area contributed by atoms with Gasteiger partial charge in [-0.1, -0.05) is 105 Å². The van der Waals surface area contributed by atoms with Crippen molar-refractivity contribution in [2.24, 2.45) is 0 Å². The van der Waals surface area contributed by atoms with Gasteiger partial charge >= 0.3 is 0 Å². The molecule has 9 rings (SSSR count). The molecule has 0 unspecified atom stereocenters. The first-order valence-electron chi connectivity index (χ1n) is 13.6. The number of hydrogen-bond acceptors (Lipinski definition) is 1. The third-order valence-electron chi connectivity index (χ3n) is 8.97. The molecular weight excluding hydrogens is 490 g/mol. The maximum atomic E-state index is 2.50. The van der Waals surface area contributed by atoms with Gasteiger partial charge < -0.3 is 4.57 Å². The molecule has 0 saturated heterocycles. The molecule has 0 amide bonds. The Morgan fingerprint density at radius 3 is 2.13 bits per heavy atom.